The first kappa shape index (κ1) is 13.7. The second-order valence-electron chi connectivity index (χ2n) is 3.65. The van der Waals surface area contributed by atoms with Gasteiger partial charge in [0.15, 0.2) is 5.82 Å². The summed E-state index contributed by atoms with van der Waals surface area (Å²) >= 11 is 5.71. The highest BCUT2D eigenvalue weighted by Gasteiger charge is 2.23. The Kier molecular flexibility index (Phi) is 3.76. The number of carbonyl (C=O) groups excluding carboxylic acids is 1. The molecule has 20 heavy (non-hydrogen) atoms. The highest BCUT2D eigenvalue weighted by atomic mass is 35.5. The van der Waals surface area contributed by atoms with Gasteiger partial charge in [0.1, 0.15) is 10.6 Å². The summed E-state index contributed by atoms with van der Waals surface area (Å²) in [5.41, 5.74) is -1.12. The van der Waals surface area contributed by atoms with Gasteiger partial charge in [0, 0.05) is 6.07 Å². The second-order valence-corrected chi connectivity index (χ2v) is 4.06. The summed E-state index contributed by atoms with van der Waals surface area (Å²) in [6.07, 6.45) is 0. The number of nitro groups is 1. The highest BCUT2D eigenvalue weighted by molar-refractivity contribution is 6.33. The van der Waals surface area contributed by atoms with Crippen LogP contribution >= 0.6 is 11.6 Å². The predicted molar refractivity (Wildman–Crippen MR) is 70.9 cm³/mol. The molecule has 2 rings (SSSR count). The number of nitro benzene ring substituents is 1. The summed E-state index contributed by atoms with van der Waals surface area (Å²) in [7, 11) is 0. The fraction of sp³-hybridized carbons (Fsp3) is 0. The third kappa shape index (κ3) is 2.81. The Morgan fingerprint density at radius 2 is 2.10 bits per heavy atom. The molecule has 1 heterocycles. The summed E-state index contributed by atoms with van der Waals surface area (Å²) in [6.45, 7) is 0. The van der Waals surface area contributed by atoms with Crippen LogP contribution in [0, 0.1) is 10.1 Å². The lowest BCUT2D eigenvalue weighted by molar-refractivity contribution is -0.385. The average Bonchev–Trinajstić information content (AvgIpc) is 2.40. The number of para-hydroxylation sites is 1. The zero-order valence-corrected chi connectivity index (χ0v) is 10.5. The summed E-state index contributed by atoms with van der Waals surface area (Å²) in [5.74, 6) is -0.692. The Labute approximate surface area is 116 Å². The Morgan fingerprint density at radius 3 is 2.70 bits per heavy atom. The van der Waals surface area contributed by atoms with E-state index < -0.39 is 22.1 Å². The number of H-pyrrole nitrogens is 1. The van der Waals surface area contributed by atoms with Gasteiger partial charge in [-0.15, -0.1) is 0 Å². The van der Waals surface area contributed by atoms with Crippen molar-refractivity contribution in [3.63, 3.8) is 0 Å². The van der Waals surface area contributed by atoms with Gasteiger partial charge >= 0.3 is 5.69 Å². The van der Waals surface area contributed by atoms with Crippen LogP contribution in [-0.2, 0) is 0 Å². The summed E-state index contributed by atoms with van der Waals surface area (Å²) in [5, 5.41) is 18.8. The molecule has 0 aliphatic carbocycles. The molecular weight excluding hydrogens is 288 g/mol. The van der Waals surface area contributed by atoms with E-state index in [0.29, 0.717) is 0 Å². The third-order valence-corrected chi connectivity index (χ3v) is 2.64. The van der Waals surface area contributed by atoms with Crippen LogP contribution in [0.2, 0.25) is 5.02 Å². The van der Waals surface area contributed by atoms with Crippen LogP contribution in [0.15, 0.2) is 35.1 Å². The predicted octanol–water partition coefficient (Wildman–Crippen LogP) is 1.58. The van der Waals surface area contributed by atoms with Crippen LogP contribution in [0.5, 0.6) is 0 Å². The van der Waals surface area contributed by atoms with E-state index in [-0.39, 0.29) is 16.4 Å². The number of hydrogen-bond donors (Lipinski definition) is 2. The van der Waals surface area contributed by atoms with Gasteiger partial charge in [-0.1, -0.05) is 17.7 Å². The molecule has 102 valence electrons. The van der Waals surface area contributed by atoms with Crippen LogP contribution in [0.25, 0.3) is 0 Å². The minimum absolute atomic E-state index is 0.0591. The van der Waals surface area contributed by atoms with Crippen molar-refractivity contribution in [2.45, 2.75) is 0 Å². The molecule has 0 radical (unpaired) electrons. The normalized spacial score (nSPS) is 10.1. The van der Waals surface area contributed by atoms with E-state index in [9.17, 15) is 19.7 Å². The number of hydrogen-bond acceptors (Lipinski definition) is 5. The molecule has 0 saturated heterocycles. The first-order valence-corrected chi connectivity index (χ1v) is 5.67. The average molecular weight is 295 g/mol. The standard InChI is InChI=1S/C11H7ClN4O4/c12-7-3-1-2-6(10(7)16(19)20)11(18)13-8-4-5-9(17)15-14-8/h1-5H,(H,15,17)(H,13,14,18). The van der Waals surface area contributed by atoms with E-state index in [2.05, 4.69) is 15.5 Å². The number of benzene rings is 1. The molecule has 1 aromatic carbocycles. The fourth-order valence-corrected chi connectivity index (χ4v) is 1.73. The van der Waals surface area contributed by atoms with E-state index >= 15 is 0 Å². The lowest BCUT2D eigenvalue weighted by Crippen LogP contribution is -2.17. The molecule has 9 heteroatoms. The zero-order chi connectivity index (χ0) is 14.7. The van der Waals surface area contributed by atoms with Gasteiger partial charge in [-0.05, 0) is 18.2 Å². The summed E-state index contributed by atoms with van der Waals surface area (Å²) in [6, 6.07) is 6.44. The zero-order valence-electron chi connectivity index (χ0n) is 9.79. The van der Waals surface area contributed by atoms with Crippen molar-refractivity contribution in [2.75, 3.05) is 5.32 Å². The highest BCUT2D eigenvalue weighted by Crippen LogP contribution is 2.28. The molecule has 0 saturated carbocycles. The molecule has 1 amide bonds. The molecule has 0 fully saturated rings. The van der Waals surface area contributed by atoms with Gasteiger partial charge in [0.2, 0.25) is 0 Å². The van der Waals surface area contributed by atoms with Crippen molar-refractivity contribution >= 4 is 29.0 Å². The van der Waals surface area contributed by atoms with Crippen molar-refractivity contribution in [3.05, 3.63) is 61.4 Å². The van der Waals surface area contributed by atoms with Crippen molar-refractivity contribution in [2.24, 2.45) is 0 Å². The number of amides is 1. The fourth-order valence-electron chi connectivity index (χ4n) is 1.48. The van der Waals surface area contributed by atoms with Crippen LogP contribution < -0.4 is 10.9 Å². The van der Waals surface area contributed by atoms with Gasteiger partial charge < -0.3 is 5.32 Å². The van der Waals surface area contributed by atoms with Gasteiger partial charge in [0.05, 0.1) is 4.92 Å². The molecule has 0 spiro atoms. The first-order valence-electron chi connectivity index (χ1n) is 5.29. The number of aromatic nitrogens is 2. The van der Waals surface area contributed by atoms with Gasteiger partial charge in [-0.2, -0.15) is 5.10 Å². The molecule has 8 nitrogen and oxygen atoms in total. The summed E-state index contributed by atoms with van der Waals surface area (Å²) in [4.78, 5) is 33.0. The second kappa shape index (κ2) is 5.49. The molecule has 0 aliphatic heterocycles. The molecule has 0 aliphatic rings. The third-order valence-electron chi connectivity index (χ3n) is 2.33. The molecule has 2 aromatic rings. The van der Waals surface area contributed by atoms with Gasteiger partial charge in [-0.3, -0.25) is 19.7 Å². The summed E-state index contributed by atoms with van der Waals surface area (Å²) < 4.78 is 0. The molecule has 0 unspecified atom stereocenters. The Morgan fingerprint density at radius 1 is 1.35 bits per heavy atom. The number of aromatic amines is 1. The van der Waals surface area contributed by atoms with Gasteiger partial charge in [0.25, 0.3) is 11.5 Å². The van der Waals surface area contributed by atoms with Crippen LogP contribution in [0.4, 0.5) is 11.5 Å². The number of nitrogens with zero attached hydrogens (tertiary/aromatic N) is 2. The minimum atomic E-state index is -0.751. The van der Waals surface area contributed by atoms with E-state index in [1.54, 1.807) is 0 Å². The minimum Gasteiger partial charge on any atom is -0.305 e. The maximum absolute atomic E-state index is 12.0. The Bertz CT molecular complexity index is 723. The molecule has 0 bridgehead atoms. The first-order chi connectivity index (χ1) is 9.49. The SMILES string of the molecule is O=C(Nc1ccc(=O)[nH]n1)c1cccc(Cl)c1[N+](=O)[O-]. The number of nitrogens with one attached hydrogen (secondary N) is 2. The van der Waals surface area contributed by atoms with E-state index in [0.717, 1.165) is 6.07 Å². The Balaban J connectivity index is 2.34. The number of halogens is 1. The lowest BCUT2D eigenvalue weighted by atomic mass is 10.1. The number of carbonyl (C=O) groups is 1. The van der Waals surface area contributed by atoms with Crippen molar-refractivity contribution in [1.29, 1.82) is 0 Å². The van der Waals surface area contributed by atoms with Crippen molar-refractivity contribution < 1.29 is 9.72 Å². The number of anilines is 1. The smallest absolute Gasteiger partial charge is 0.300 e. The Hall–Kier alpha value is -2.74. The van der Waals surface area contributed by atoms with Gasteiger partial charge in [-0.25, -0.2) is 5.10 Å². The molecule has 1 aromatic heterocycles. The molecular formula is C11H7ClN4O4. The van der Waals surface area contributed by atoms with Crippen molar-refractivity contribution in [3.8, 4) is 0 Å². The van der Waals surface area contributed by atoms with E-state index in [1.807, 2.05) is 0 Å². The van der Waals surface area contributed by atoms with Crippen molar-refractivity contribution in [1.82, 2.24) is 10.2 Å². The van der Waals surface area contributed by atoms with E-state index in [4.69, 9.17) is 11.6 Å². The monoisotopic (exact) mass is 294 g/mol. The van der Waals surface area contributed by atoms with E-state index in [1.165, 1.54) is 24.3 Å². The molecule has 0 atom stereocenters. The molecule has 2 N–H and O–H groups in total. The topological polar surface area (TPSA) is 118 Å². The largest absolute Gasteiger partial charge is 0.305 e. The lowest BCUT2D eigenvalue weighted by Gasteiger charge is -2.05. The number of rotatable bonds is 3. The van der Waals surface area contributed by atoms with Crippen LogP contribution in [0.1, 0.15) is 10.4 Å². The van der Waals surface area contributed by atoms with Crippen LogP contribution in [0.3, 0.4) is 0 Å². The quantitative estimate of drug-likeness (QED) is 0.658. The maximum atomic E-state index is 12.0. The maximum Gasteiger partial charge on any atom is 0.300 e. The van der Waals surface area contributed by atoms with Crippen LogP contribution in [-0.4, -0.2) is 21.0 Å².